The third-order valence-corrected chi connectivity index (χ3v) is 3.87. The lowest BCUT2D eigenvalue weighted by atomic mass is 10.1. The quantitative estimate of drug-likeness (QED) is 0.612. The molecule has 10 nitrogen and oxygen atoms in total. The predicted molar refractivity (Wildman–Crippen MR) is 99.2 cm³/mol. The molecule has 0 aliphatic heterocycles. The fourth-order valence-electron chi connectivity index (χ4n) is 2.51. The van der Waals surface area contributed by atoms with Crippen LogP contribution in [-0.4, -0.2) is 38.1 Å². The molecular weight excluding hydrogens is 364 g/mol. The highest BCUT2D eigenvalue weighted by Gasteiger charge is 2.18. The van der Waals surface area contributed by atoms with Gasteiger partial charge in [0.05, 0.1) is 6.54 Å². The van der Waals surface area contributed by atoms with Crippen LogP contribution in [0.2, 0.25) is 0 Å². The maximum Gasteiger partial charge on any atom is 0.442 e. The van der Waals surface area contributed by atoms with E-state index in [4.69, 9.17) is 0 Å². The number of benzene rings is 1. The Morgan fingerprint density at radius 3 is 2.61 bits per heavy atom. The molecule has 0 aliphatic carbocycles. The van der Waals surface area contributed by atoms with Crippen molar-refractivity contribution >= 4 is 17.5 Å². The van der Waals surface area contributed by atoms with Gasteiger partial charge >= 0.3 is 5.76 Å². The first-order chi connectivity index (χ1) is 13.6. The van der Waals surface area contributed by atoms with E-state index in [2.05, 4.69) is 30.3 Å². The maximum absolute atomic E-state index is 12.2. The molecule has 0 radical (unpaired) electrons. The van der Waals surface area contributed by atoms with Crippen molar-refractivity contribution in [1.29, 1.82) is 0 Å². The summed E-state index contributed by atoms with van der Waals surface area (Å²) in [4.78, 5) is 44.0. The first-order valence-corrected chi connectivity index (χ1v) is 8.57. The molecule has 10 heteroatoms. The molecule has 0 bridgehead atoms. The molecular formula is C18H18N6O4. The average Bonchev–Trinajstić information content (AvgIpc) is 3.08. The number of carbonyl (C=O) groups is 2. The highest BCUT2D eigenvalue weighted by atomic mass is 16.5. The van der Waals surface area contributed by atoms with E-state index in [0.717, 1.165) is 16.6 Å². The van der Waals surface area contributed by atoms with Crippen LogP contribution in [-0.2, 0) is 22.6 Å². The number of nitrogens with one attached hydrogen (secondary N) is 2. The van der Waals surface area contributed by atoms with Crippen molar-refractivity contribution in [2.75, 3.05) is 11.9 Å². The van der Waals surface area contributed by atoms with Gasteiger partial charge in [0.15, 0.2) is 5.82 Å². The van der Waals surface area contributed by atoms with Crippen molar-refractivity contribution < 1.29 is 14.1 Å². The summed E-state index contributed by atoms with van der Waals surface area (Å²) in [7, 11) is 0. The highest BCUT2D eigenvalue weighted by molar-refractivity contribution is 5.95. The molecule has 1 aromatic carbocycles. The van der Waals surface area contributed by atoms with E-state index in [9.17, 15) is 14.4 Å². The van der Waals surface area contributed by atoms with Gasteiger partial charge in [0.1, 0.15) is 6.54 Å². The number of para-hydroxylation sites is 1. The third kappa shape index (κ3) is 4.47. The Hall–Kier alpha value is -3.82. The van der Waals surface area contributed by atoms with Crippen molar-refractivity contribution in [3.8, 4) is 11.6 Å². The van der Waals surface area contributed by atoms with Crippen LogP contribution < -0.4 is 16.4 Å². The Balaban J connectivity index is 1.60. The zero-order valence-corrected chi connectivity index (χ0v) is 15.1. The minimum atomic E-state index is -0.820. The van der Waals surface area contributed by atoms with Crippen molar-refractivity contribution in [2.45, 2.75) is 19.9 Å². The summed E-state index contributed by atoms with van der Waals surface area (Å²) in [6.45, 7) is 1.36. The second-order valence-corrected chi connectivity index (χ2v) is 5.77. The topological polar surface area (TPSA) is 132 Å². The number of carbonyl (C=O) groups excluding carboxylic acids is 2. The van der Waals surface area contributed by atoms with Crippen LogP contribution in [0, 0.1) is 0 Å². The number of hydrogen-bond donors (Lipinski definition) is 2. The SMILES string of the molecule is CCc1ccccc1NC(=O)CNC(=O)Cn1c(-c2ncccn2)noc1=O. The Morgan fingerprint density at radius 2 is 1.86 bits per heavy atom. The van der Waals surface area contributed by atoms with Crippen LogP contribution in [0.3, 0.4) is 0 Å². The van der Waals surface area contributed by atoms with Crippen LogP contribution in [0.25, 0.3) is 11.6 Å². The third-order valence-electron chi connectivity index (χ3n) is 3.87. The number of nitrogens with zero attached hydrogens (tertiary/aromatic N) is 4. The van der Waals surface area contributed by atoms with E-state index in [-0.39, 0.29) is 30.6 Å². The van der Waals surface area contributed by atoms with Crippen LogP contribution >= 0.6 is 0 Å². The van der Waals surface area contributed by atoms with Crippen molar-refractivity contribution in [3.05, 3.63) is 58.8 Å². The minimum absolute atomic E-state index is 0.0297. The molecule has 0 atom stereocenters. The molecule has 2 heterocycles. The van der Waals surface area contributed by atoms with Crippen LogP contribution in [0.4, 0.5) is 5.69 Å². The zero-order valence-electron chi connectivity index (χ0n) is 15.1. The normalized spacial score (nSPS) is 10.5. The zero-order chi connectivity index (χ0) is 19.9. The molecule has 0 fully saturated rings. The van der Waals surface area contributed by atoms with Crippen LogP contribution in [0.15, 0.2) is 52.0 Å². The number of rotatable bonds is 7. The summed E-state index contributed by atoms with van der Waals surface area (Å²) in [5, 5.41) is 8.81. The summed E-state index contributed by atoms with van der Waals surface area (Å²) >= 11 is 0. The van der Waals surface area contributed by atoms with E-state index >= 15 is 0 Å². The molecule has 2 N–H and O–H groups in total. The Labute approximate surface area is 159 Å². The van der Waals surface area contributed by atoms with Gasteiger partial charge in [-0.1, -0.05) is 30.3 Å². The van der Waals surface area contributed by atoms with Gasteiger partial charge in [0.25, 0.3) is 0 Å². The van der Waals surface area contributed by atoms with Gasteiger partial charge in [0.2, 0.25) is 17.6 Å². The van der Waals surface area contributed by atoms with Gasteiger partial charge in [-0.25, -0.2) is 19.3 Å². The van der Waals surface area contributed by atoms with Gasteiger partial charge < -0.3 is 10.6 Å². The van der Waals surface area contributed by atoms with E-state index < -0.39 is 11.7 Å². The lowest BCUT2D eigenvalue weighted by molar-refractivity contribution is -0.124. The van der Waals surface area contributed by atoms with Gasteiger partial charge in [-0.15, -0.1) is 0 Å². The van der Waals surface area contributed by atoms with Crippen molar-refractivity contribution in [3.63, 3.8) is 0 Å². The van der Waals surface area contributed by atoms with E-state index in [1.807, 2.05) is 25.1 Å². The minimum Gasteiger partial charge on any atom is -0.345 e. The molecule has 3 rings (SSSR count). The fourth-order valence-corrected chi connectivity index (χ4v) is 2.51. The summed E-state index contributed by atoms with van der Waals surface area (Å²) in [6, 6.07) is 9.02. The molecule has 3 aromatic rings. The molecule has 2 amide bonds. The Bertz CT molecular complexity index is 1030. The van der Waals surface area contributed by atoms with E-state index in [1.165, 1.54) is 12.4 Å². The number of aryl methyl sites for hydroxylation is 1. The molecule has 144 valence electrons. The first-order valence-electron chi connectivity index (χ1n) is 8.57. The highest BCUT2D eigenvalue weighted by Crippen LogP contribution is 2.15. The molecule has 28 heavy (non-hydrogen) atoms. The fraction of sp³-hybridized carbons (Fsp3) is 0.222. The molecule has 0 spiro atoms. The van der Waals surface area contributed by atoms with Crippen LogP contribution in [0.5, 0.6) is 0 Å². The molecule has 0 aliphatic rings. The first kappa shape index (κ1) is 19.0. The lowest BCUT2D eigenvalue weighted by Gasteiger charge is -2.10. The van der Waals surface area contributed by atoms with E-state index in [0.29, 0.717) is 5.69 Å². The number of anilines is 1. The average molecular weight is 382 g/mol. The summed E-state index contributed by atoms with van der Waals surface area (Å²) < 4.78 is 5.59. The standard InChI is InChI=1S/C18H18N6O4/c1-2-12-6-3-4-7-13(12)22-14(25)10-21-15(26)11-24-17(23-28-18(24)27)16-19-8-5-9-20-16/h3-9H,2,10-11H2,1H3,(H,21,26)(H,22,25). The van der Waals surface area contributed by atoms with Gasteiger partial charge in [0, 0.05) is 18.1 Å². The second-order valence-electron chi connectivity index (χ2n) is 5.77. The van der Waals surface area contributed by atoms with Gasteiger partial charge in [-0.2, -0.15) is 0 Å². The summed E-state index contributed by atoms with van der Waals surface area (Å²) in [6.07, 6.45) is 3.72. The van der Waals surface area contributed by atoms with Gasteiger partial charge in [-0.05, 0) is 24.1 Å². The number of amides is 2. The van der Waals surface area contributed by atoms with Crippen molar-refractivity contribution in [2.24, 2.45) is 0 Å². The summed E-state index contributed by atoms with van der Waals surface area (Å²) in [5.41, 5.74) is 1.69. The monoisotopic (exact) mass is 382 g/mol. The lowest BCUT2D eigenvalue weighted by Crippen LogP contribution is -2.36. The van der Waals surface area contributed by atoms with Crippen molar-refractivity contribution in [1.82, 2.24) is 25.0 Å². The Kier molecular flexibility index (Phi) is 5.90. The number of hydrogen-bond acceptors (Lipinski definition) is 7. The molecule has 0 saturated carbocycles. The van der Waals surface area contributed by atoms with Crippen LogP contribution in [0.1, 0.15) is 12.5 Å². The predicted octanol–water partition coefficient (Wildman–Crippen LogP) is 0.611. The second kappa shape index (κ2) is 8.71. The molecule has 0 unspecified atom stereocenters. The molecule has 0 saturated heterocycles. The maximum atomic E-state index is 12.2. The van der Waals surface area contributed by atoms with E-state index in [1.54, 1.807) is 12.1 Å². The molecule has 2 aromatic heterocycles. The summed E-state index contributed by atoms with van der Waals surface area (Å²) in [5.74, 6) is -1.57. The Morgan fingerprint density at radius 1 is 1.11 bits per heavy atom. The van der Waals surface area contributed by atoms with Gasteiger partial charge in [-0.3, -0.25) is 14.1 Å². The number of aromatic nitrogens is 4. The smallest absolute Gasteiger partial charge is 0.345 e. The largest absolute Gasteiger partial charge is 0.442 e.